The van der Waals surface area contributed by atoms with Crippen molar-refractivity contribution in [2.45, 2.75) is 19.4 Å². The maximum atomic E-state index is 11.2. The van der Waals surface area contributed by atoms with Gasteiger partial charge in [-0.2, -0.15) is 0 Å². The summed E-state index contributed by atoms with van der Waals surface area (Å²) in [5.41, 5.74) is 6.91. The summed E-state index contributed by atoms with van der Waals surface area (Å²) in [4.78, 5) is 11.2. The third-order valence-electron chi connectivity index (χ3n) is 2.00. The van der Waals surface area contributed by atoms with Gasteiger partial charge < -0.3 is 10.5 Å². The maximum absolute atomic E-state index is 11.2. The largest absolute Gasteiger partial charge is 0.466 e. The molecule has 0 aliphatic rings. The number of hydrogen-bond donors (Lipinski definition) is 1. The van der Waals surface area contributed by atoms with Gasteiger partial charge in [0.2, 0.25) is 0 Å². The summed E-state index contributed by atoms with van der Waals surface area (Å²) in [6, 6.07) is 7.49. The number of halogens is 1. The van der Waals surface area contributed by atoms with Gasteiger partial charge in [0, 0.05) is 9.61 Å². The van der Waals surface area contributed by atoms with E-state index in [-0.39, 0.29) is 18.4 Å². The molecule has 1 rings (SSSR count). The first-order valence-corrected chi connectivity index (χ1v) is 5.88. The van der Waals surface area contributed by atoms with E-state index in [1.807, 2.05) is 24.3 Å². The van der Waals surface area contributed by atoms with Crippen LogP contribution in [-0.4, -0.2) is 12.6 Å². The van der Waals surface area contributed by atoms with Crippen LogP contribution in [0.25, 0.3) is 0 Å². The van der Waals surface area contributed by atoms with Crippen LogP contribution in [0, 0.1) is 3.57 Å². The first-order valence-electron chi connectivity index (χ1n) is 4.80. The Balaban J connectivity index is 2.65. The molecule has 0 radical (unpaired) electrons. The number of carbonyl (C=O) groups excluding carboxylic acids is 1. The number of carbonyl (C=O) groups is 1. The van der Waals surface area contributed by atoms with E-state index in [2.05, 4.69) is 22.6 Å². The topological polar surface area (TPSA) is 52.3 Å². The molecule has 0 amide bonds. The number of esters is 1. The summed E-state index contributed by atoms with van der Waals surface area (Å²) in [6.07, 6.45) is 0.230. The van der Waals surface area contributed by atoms with Gasteiger partial charge in [0.1, 0.15) is 0 Å². The lowest BCUT2D eigenvalue weighted by Crippen LogP contribution is -2.18. The molecule has 82 valence electrons. The van der Waals surface area contributed by atoms with Crippen molar-refractivity contribution in [1.82, 2.24) is 0 Å². The Hall–Kier alpha value is -0.620. The fraction of sp³-hybridized carbons (Fsp3) is 0.364. The first kappa shape index (κ1) is 12.4. The lowest BCUT2D eigenvalue weighted by atomic mass is 10.1. The van der Waals surface area contributed by atoms with Crippen LogP contribution < -0.4 is 5.73 Å². The average molecular weight is 319 g/mol. The van der Waals surface area contributed by atoms with Crippen molar-refractivity contribution in [3.8, 4) is 0 Å². The highest BCUT2D eigenvalue weighted by Crippen LogP contribution is 2.20. The van der Waals surface area contributed by atoms with Crippen molar-refractivity contribution in [2.24, 2.45) is 5.73 Å². The molecule has 3 nitrogen and oxygen atoms in total. The molecule has 1 aromatic carbocycles. The summed E-state index contributed by atoms with van der Waals surface area (Å²) in [6.45, 7) is 2.19. The lowest BCUT2D eigenvalue weighted by molar-refractivity contribution is -0.143. The summed E-state index contributed by atoms with van der Waals surface area (Å²) < 4.78 is 5.93. The molecule has 0 aromatic heterocycles. The van der Waals surface area contributed by atoms with Gasteiger partial charge in [-0.1, -0.05) is 18.2 Å². The average Bonchev–Trinajstić information content (AvgIpc) is 2.18. The van der Waals surface area contributed by atoms with Gasteiger partial charge in [-0.25, -0.2) is 0 Å². The van der Waals surface area contributed by atoms with Crippen LogP contribution in [0.3, 0.4) is 0 Å². The fourth-order valence-corrected chi connectivity index (χ4v) is 2.07. The van der Waals surface area contributed by atoms with Crippen LogP contribution >= 0.6 is 22.6 Å². The van der Waals surface area contributed by atoms with E-state index in [1.54, 1.807) is 6.92 Å². The van der Waals surface area contributed by atoms with Crippen LogP contribution in [0.4, 0.5) is 0 Å². The van der Waals surface area contributed by atoms with E-state index < -0.39 is 0 Å². The van der Waals surface area contributed by atoms with E-state index >= 15 is 0 Å². The molecule has 0 saturated heterocycles. The normalized spacial score (nSPS) is 12.2. The van der Waals surface area contributed by atoms with Crippen molar-refractivity contribution in [2.75, 3.05) is 6.61 Å². The molecular formula is C11H14INO2. The monoisotopic (exact) mass is 319 g/mol. The van der Waals surface area contributed by atoms with E-state index in [9.17, 15) is 4.79 Å². The van der Waals surface area contributed by atoms with Crippen molar-refractivity contribution < 1.29 is 9.53 Å². The second-order valence-electron chi connectivity index (χ2n) is 3.14. The highest BCUT2D eigenvalue weighted by molar-refractivity contribution is 14.1. The van der Waals surface area contributed by atoms with Crippen molar-refractivity contribution in [1.29, 1.82) is 0 Å². The van der Waals surface area contributed by atoms with Gasteiger partial charge in [0.15, 0.2) is 0 Å². The second kappa shape index (κ2) is 6.07. The van der Waals surface area contributed by atoms with E-state index in [4.69, 9.17) is 10.5 Å². The van der Waals surface area contributed by atoms with Gasteiger partial charge >= 0.3 is 5.97 Å². The highest BCUT2D eigenvalue weighted by Gasteiger charge is 2.14. The number of hydrogen-bond acceptors (Lipinski definition) is 3. The minimum atomic E-state index is -0.280. The Bertz CT molecular complexity index is 341. The predicted octanol–water partition coefficient (Wildman–Crippen LogP) is 2.24. The molecule has 15 heavy (non-hydrogen) atoms. The standard InChI is InChI=1S/C11H14INO2/c1-2-15-11(14)7-10(13)8-5-3-4-6-9(8)12/h3-6,10H,2,7,13H2,1H3/t10-/m0/s1. The Morgan fingerprint density at radius 2 is 2.20 bits per heavy atom. The molecule has 0 saturated carbocycles. The molecule has 0 aliphatic heterocycles. The Labute approximate surface area is 103 Å². The zero-order chi connectivity index (χ0) is 11.3. The molecule has 0 aliphatic carbocycles. The first-order chi connectivity index (χ1) is 7.15. The minimum Gasteiger partial charge on any atom is -0.466 e. The fourth-order valence-electron chi connectivity index (χ4n) is 1.29. The number of nitrogens with two attached hydrogens (primary N) is 1. The van der Waals surface area contributed by atoms with Crippen molar-refractivity contribution >= 4 is 28.6 Å². The molecule has 2 N–H and O–H groups in total. The molecule has 0 bridgehead atoms. The highest BCUT2D eigenvalue weighted by atomic mass is 127. The Kier molecular flexibility index (Phi) is 5.04. The van der Waals surface area contributed by atoms with Gasteiger partial charge in [-0.3, -0.25) is 4.79 Å². The van der Waals surface area contributed by atoms with Gasteiger partial charge in [-0.05, 0) is 41.1 Å². The third-order valence-corrected chi connectivity index (χ3v) is 2.98. The molecule has 0 fully saturated rings. The zero-order valence-corrected chi connectivity index (χ0v) is 10.7. The Morgan fingerprint density at radius 3 is 2.80 bits per heavy atom. The van der Waals surface area contributed by atoms with Crippen LogP contribution in [0.2, 0.25) is 0 Å². The van der Waals surface area contributed by atoms with Crippen molar-refractivity contribution in [3.63, 3.8) is 0 Å². The molecule has 0 heterocycles. The lowest BCUT2D eigenvalue weighted by Gasteiger charge is -2.12. The van der Waals surface area contributed by atoms with Gasteiger partial charge in [-0.15, -0.1) is 0 Å². The van der Waals surface area contributed by atoms with Crippen LogP contribution in [0.1, 0.15) is 24.9 Å². The zero-order valence-electron chi connectivity index (χ0n) is 8.57. The summed E-state index contributed by atoms with van der Waals surface area (Å²) in [5.74, 6) is -0.246. The second-order valence-corrected chi connectivity index (χ2v) is 4.30. The molecule has 0 unspecified atom stereocenters. The smallest absolute Gasteiger partial charge is 0.307 e. The van der Waals surface area contributed by atoms with Gasteiger partial charge in [0.05, 0.1) is 13.0 Å². The Morgan fingerprint density at radius 1 is 1.53 bits per heavy atom. The maximum Gasteiger partial charge on any atom is 0.307 e. The number of ether oxygens (including phenoxy) is 1. The van der Waals surface area contributed by atoms with Crippen LogP contribution in [0.5, 0.6) is 0 Å². The summed E-state index contributed by atoms with van der Waals surface area (Å²) >= 11 is 2.21. The quantitative estimate of drug-likeness (QED) is 0.684. The van der Waals surface area contributed by atoms with E-state index in [0.717, 1.165) is 9.13 Å². The van der Waals surface area contributed by atoms with Crippen LogP contribution in [0.15, 0.2) is 24.3 Å². The number of benzene rings is 1. The van der Waals surface area contributed by atoms with Crippen molar-refractivity contribution in [3.05, 3.63) is 33.4 Å². The number of rotatable bonds is 4. The van der Waals surface area contributed by atoms with E-state index in [0.29, 0.717) is 6.61 Å². The summed E-state index contributed by atoms with van der Waals surface area (Å²) in [7, 11) is 0. The van der Waals surface area contributed by atoms with Gasteiger partial charge in [0.25, 0.3) is 0 Å². The van der Waals surface area contributed by atoms with E-state index in [1.165, 1.54) is 0 Å². The molecule has 1 atom stereocenters. The molecule has 4 heteroatoms. The SMILES string of the molecule is CCOC(=O)C[C@H](N)c1ccccc1I. The predicted molar refractivity (Wildman–Crippen MR) is 67.3 cm³/mol. The summed E-state index contributed by atoms with van der Waals surface area (Å²) in [5, 5.41) is 0. The molecule has 0 spiro atoms. The third kappa shape index (κ3) is 3.79. The minimum absolute atomic E-state index is 0.230. The molecular weight excluding hydrogens is 305 g/mol. The molecule has 1 aromatic rings. The van der Waals surface area contributed by atoms with Crippen LogP contribution in [-0.2, 0) is 9.53 Å².